The van der Waals surface area contributed by atoms with Crippen LogP contribution >= 0.6 is 11.3 Å². The van der Waals surface area contributed by atoms with Crippen LogP contribution in [0.25, 0.3) is 0 Å². The fraction of sp³-hybridized carbons (Fsp3) is 0.500. The molecule has 2 aliphatic rings. The van der Waals surface area contributed by atoms with Crippen LogP contribution in [0.1, 0.15) is 17.7 Å². The number of anilines is 2. The SMILES string of the molecule is O=C(CN(Cc1cccs1)C[C@H]1CCCO1)Nc1ccc(N2CCOCC2)cc1. The zero-order chi connectivity index (χ0) is 19.9. The van der Waals surface area contributed by atoms with E-state index >= 15 is 0 Å². The first-order valence-electron chi connectivity index (χ1n) is 10.4. The molecule has 0 bridgehead atoms. The van der Waals surface area contributed by atoms with Gasteiger partial charge in [-0.15, -0.1) is 11.3 Å². The summed E-state index contributed by atoms with van der Waals surface area (Å²) < 4.78 is 11.2. The quantitative estimate of drug-likeness (QED) is 0.718. The second-order valence-corrected chi connectivity index (χ2v) is 8.61. The number of benzene rings is 1. The molecule has 0 unspecified atom stereocenters. The lowest BCUT2D eigenvalue weighted by Gasteiger charge is -2.29. The third-order valence-electron chi connectivity index (χ3n) is 5.34. The monoisotopic (exact) mass is 415 g/mol. The number of thiophene rings is 1. The van der Waals surface area contributed by atoms with Gasteiger partial charge in [0.1, 0.15) is 0 Å². The summed E-state index contributed by atoms with van der Waals surface area (Å²) in [6.07, 6.45) is 2.42. The molecule has 1 atom stereocenters. The summed E-state index contributed by atoms with van der Waals surface area (Å²) in [7, 11) is 0. The maximum atomic E-state index is 12.7. The lowest BCUT2D eigenvalue weighted by Crippen LogP contribution is -2.37. The molecule has 29 heavy (non-hydrogen) atoms. The minimum Gasteiger partial charge on any atom is -0.378 e. The number of nitrogens with one attached hydrogen (secondary N) is 1. The number of ether oxygens (including phenoxy) is 2. The predicted octanol–water partition coefficient (Wildman–Crippen LogP) is 3.20. The molecule has 0 radical (unpaired) electrons. The van der Waals surface area contributed by atoms with Crippen molar-refractivity contribution in [2.24, 2.45) is 0 Å². The van der Waals surface area contributed by atoms with Gasteiger partial charge >= 0.3 is 0 Å². The molecule has 2 aromatic rings. The van der Waals surface area contributed by atoms with Crippen molar-refractivity contribution in [3.05, 3.63) is 46.7 Å². The van der Waals surface area contributed by atoms with Crippen molar-refractivity contribution in [3.8, 4) is 0 Å². The maximum absolute atomic E-state index is 12.7. The Bertz CT molecular complexity index is 754. The number of nitrogens with zero attached hydrogens (tertiary/aromatic N) is 2. The first-order valence-corrected chi connectivity index (χ1v) is 11.2. The summed E-state index contributed by atoms with van der Waals surface area (Å²) in [6.45, 7) is 6.12. The molecule has 1 aromatic heterocycles. The molecule has 4 rings (SSSR count). The summed E-state index contributed by atoms with van der Waals surface area (Å²) in [5.41, 5.74) is 2.00. The minimum absolute atomic E-state index is 0.0127. The van der Waals surface area contributed by atoms with E-state index in [1.165, 1.54) is 10.6 Å². The molecule has 2 saturated heterocycles. The molecule has 7 heteroatoms. The maximum Gasteiger partial charge on any atom is 0.238 e. The van der Waals surface area contributed by atoms with Gasteiger partial charge in [0.2, 0.25) is 5.91 Å². The van der Waals surface area contributed by atoms with Crippen LogP contribution in [-0.4, -0.2) is 62.9 Å². The van der Waals surface area contributed by atoms with Crippen molar-refractivity contribution in [3.63, 3.8) is 0 Å². The zero-order valence-electron chi connectivity index (χ0n) is 16.7. The van der Waals surface area contributed by atoms with Crippen LogP contribution in [0.15, 0.2) is 41.8 Å². The summed E-state index contributed by atoms with van der Waals surface area (Å²) in [6, 6.07) is 12.3. The van der Waals surface area contributed by atoms with Crippen molar-refractivity contribution < 1.29 is 14.3 Å². The molecule has 0 aliphatic carbocycles. The number of rotatable bonds is 8. The van der Waals surface area contributed by atoms with Crippen LogP contribution < -0.4 is 10.2 Å². The van der Waals surface area contributed by atoms with Crippen molar-refractivity contribution in [1.82, 2.24) is 4.90 Å². The Hall–Kier alpha value is -1.93. The number of amides is 1. The molecule has 1 amide bonds. The van der Waals surface area contributed by atoms with Gasteiger partial charge < -0.3 is 19.7 Å². The Morgan fingerprint density at radius 3 is 2.69 bits per heavy atom. The van der Waals surface area contributed by atoms with Gasteiger partial charge in [-0.05, 0) is 48.6 Å². The van der Waals surface area contributed by atoms with E-state index in [4.69, 9.17) is 9.47 Å². The third-order valence-corrected chi connectivity index (χ3v) is 6.20. The summed E-state index contributed by atoms with van der Waals surface area (Å²) in [4.78, 5) is 18.5. The van der Waals surface area contributed by atoms with E-state index in [0.29, 0.717) is 6.54 Å². The van der Waals surface area contributed by atoms with Crippen molar-refractivity contribution in [2.45, 2.75) is 25.5 Å². The minimum atomic E-state index is 0.0127. The predicted molar refractivity (Wildman–Crippen MR) is 117 cm³/mol. The molecule has 2 aliphatic heterocycles. The van der Waals surface area contributed by atoms with Crippen molar-refractivity contribution in [1.29, 1.82) is 0 Å². The highest BCUT2D eigenvalue weighted by Crippen LogP contribution is 2.20. The molecule has 0 spiro atoms. The Morgan fingerprint density at radius 1 is 1.17 bits per heavy atom. The average molecular weight is 416 g/mol. The van der Waals surface area contributed by atoms with Gasteiger partial charge in [-0.3, -0.25) is 9.69 Å². The van der Waals surface area contributed by atoms with Crippen LogP contribution in [0.4, 0.5) is 11.4 Å². The van der Waals surface area contributed by atoms with Crippen LogP contribution in [0.2, 0.25) is 0 Å². The Balaban J connectivity index is 1.32. The molecule has 1 N–H and O–H groups in total. The van der Waals surface area contributed by atoms with E-state index in [9.17, 15) is 4.79 Å². The van der Waals surface area contributed by atoms with E-state index in [0.717, 1.165) is 64.5 Å². The molecule has 0 saturated carbocycles. The molecular weight excluding hydrogens is 386 g/mol. The largest absolute Gasteiger partial charge is 0.378 e. The van der Waals surface area contributed by atoms with E-state index in [1.807, 2.05) is 12.1 Å². The first kappa shape index (κ1) is 20.3. The Kier molecular flexibility index (Phi) is 7.16. The van der Waals surface area contributed by atoms with Crippen LogP contribution in [-0.2, 0) is 20.8 Å². The lowest BCUT2D eigenvalue weighted by molar-refractivity contribution is -0.117. The second kappa shape index (κ2) is 10.2. The van der Waals surface area contributed by atoms with E-state index in [-0.39, 0.29) is 12.0 Å². The summed E-state index contributed by atoms with van der Waals surface area (Å²) in [5, 5.41) is 5.12. The lowest BCUT2D eigenvalue weighted by atomic mass is 10.2. The van der Waals surface area contributed by atoms with Gasteiger partial charge in [-0.25, -0.2) is 0 Å². The highest BCUT2D eigenvalue weighted by atomic mass is 32.1. The standard InChI is InChI=1S/C22H29N3O3S/c26-22(23-18-5-7-19(8-6-18)25-9-12-27-13-10-25)17-24(15-20-3-1-11-28-20)16-21-4-2-14-29-21/h2,4-8,14,20H,1,3,9-13,15-17H2,(H,23,26)/t20-/m1/s1. The highest BCUT2D eigenvalue weighted by molar-refractivity contribution is 7.09. The number of hydrogen-bond donors (Lipinski definition) is 1. The summed E-state index contributed by atoms with van der Waals surface area (Å²) in [5.74, 6) is 0.0127. The fourth-order valence-electron chi connectivity index (χ4n) is 3.86. The van der Waals surface area contributed by atoms with Gasteiger partial charge in [0.05, 0.1) is 25.9 Å². The molecular formula is C22H29N3O3S. The molecule has 156 valence electrons. The summed E-state index contributed by atoms with van der Waals surface area (Å²) >= 11 is 1.73. The highest BCUT2D eigenvalue weighted by Gasteiger charge is 2.21. The Morgan fingerprint density at radius 2 is 2.00 bits per heavy atom. The normalized spacial score (nSPS) is 19.6. The second-order valence-electron chi connectivity index (χ2n) is 7.58. The third kappa shape index (κ3) is 6.02. The first-order chi connectivity index (χ1) is 14.3. The molecule has 3 heterocycles. The topological polar surface area (TPSA) is 54.0 Å². The van der Waals surface area contributed by atoms with Crippen molar-refractivity contribution in [2.75, 3.05) is 56.2 Å². The number of morpholine rings is 1. The van der Waals surface area contributed by atoms with E-state index < -0.39 is 0 Å². The average Bonchev–Trinajstić information content (AvgIpc) is 3.43. The van der Waals surface area contributed by atoms with Crippen LogP contribution in [0, 0.1) is 0 Å². The van der Waals surface area contributed by atoms with Gasteiger partial charge in [0.25, 0.3) is 0 Å². The zero-order valence-corrected chi connectivity index (χ0v) is 17.5. The molecule has 1 aromatic carbocycles. The number of hydrogen-bond acceptors (Lipinski definition) is 6. The fourth-order valence-corrected chi connectivity index (χ4v) is 4.61. The Labute approximate surface area is 176 Å². The van der Waals surface area contributed by atoms with Crippen molar-refractivity contribution >= 4 is 28.6 Å². The van der Waals surface area contributed by atoms with Gasteiger partial charge in [-0.1, -0.05) is 6.07 Å². The van der Waals surface area contributed by atoms with E-state index in [2.05, 4.69) is 44.8 Å². The number of carbonyl (C=O) groups excluding carboxylic acids is 1. The number of carbonyl (C=O) groups is 1. The smallest absolute Gasteiger partial charge is 0.238 e. The van der Waals surface area contributed by atoms with Gasteiger partial charge in [0, 0.05) is 49.0 Å². The van der Waals surface area contributed by atoms with Gasteiger partial charge in [0.15, 0.2) is 0 Å². The van der Waals surface area contributed by atoms with Crippen LogP contribution in [0.3, 0.4) is 0 Å². The molecule has 6 nitrogen and oxygen atoms in total. The molecule has 2 fully saturated rings. The van der Waals surface area contributed by atoms with Gasteiger partial charge in [-0.2, -0.15) is 0 Å². The van der Waals surface area contributed by atoms with E-state index in [1.54, 1.807) is 11.3 Å². The van der Waals surface area contributed by atoms with Crippen LogP contribution in [0.5, 0.6) is 0 Å².